The fourth-order valence-electron chi connectivity index (χ4n) is 2.91. The zero-order valence-electron chi connectivity index (χ0n) is 8.95. The SMILES string of the molecule is C=C1C=CCC2CC3CC=CC=C3C=C12. The maximum atomic E-state index is 4.14. The Morgan fingerprint density at radius 3 is 2.93 bits per heavy atom. The predicted molar refractivity (Wildman–Crippen MR) is 64.4 cm³/mol. The monoisotopic (exact) mass is 196 g/mol. The molecule has 0 saturated heterocycles. The molecular weight excluding hydrogens is 180 g/mol. The fourth-order valence-corrected chi connectivity index (χ4v) is 2.91. The lowest BCUT2D eigenvalue weighted by Crippen LogP contribution is -2.20. The maximum Gasteiger partial charge on any atom is -0.0116 e. The smallest absolute Gasteiger partial charge is 0.0116 e. The van der Waals surface area contributed by atoms with Gasteiger partial charge in [-0.05, 0) is 47.8 Å². The number of hydrogen-bond donors (Lipinski definition) is 0. The van der Waals surface area contributed by atoms with Gasteiger partial charge in [-0.3, -0.25) is 0 Å². The van der Waals surface area contributed by atoms with Crippen molar-refractivity contribution in [3.8, 4) is 0 Å². The first-order valence-corrected chi connectivity index (χ1v) is 5.79. The van der Waals surface area contributed by atoms with Crippen molar-refractivity contribution in [1.29, 1.82) is 0 Å². The molecule has 15 heavy (non-hydrogen) atoms. The van der Waals surface area contributed by atoms with Crippen LogP contribution in [0, 0.1) is 11.8 Å². The summed E-state index contributed by atoms with van der Waals surface area (Å²) in [6, 6.07) is 0. The van der Waals surface area contributed by atoms with E-state index in [1.807, 2.05) is 0 Å². The van der Waals surface area contributed by atoms with Crippen LogP contribution >= 0.6 is 0 Å². The van der Waals surface area contributed by atoms with Crippen molar-refractivity contribution in [1.82, 2.24) is 0 Å². The Kier molecular flexibility index (Phi) is 2.02. The van der Waals surface area contributed by atoms with Crippen molar-refractivity contribution in [3.05, 3.63) is 59.8 Å². The van der Waals surface area contributed by atoms with Gasteiger partial charge in [-0.15, -0.1) is 0 Å². The van der Waals surface area contributed by atoms with Crippen molar-refractivity contribution in [2.75, 3.05) is 0 Å². The van der Waals surface area contributed by atoms with E-state index in [0.29, 0.717) is 0 Å². The highest BCUT2D eigenvalue weighted by Crippen LogP contribution is 2.42. The van der Waals surface area contributed by atoms with Gasteiger partial charge in [-0.25, -0.2) is 0 Å². The second-order valence-electron chi connectivity index (χ2n) is 4.72. The minimum absolute atomic E-state index is 0.733. The lowest BCUT2D eigenvalue weighted by molar-refractivity contribution is 0.439. The lowest BCUT2D eigenvalue weighted by Gasteiger charge is -2.34. The van der Waals surface area contributed by atoms with Gasteiger partial charge >= 0.3 is 0 Å². The molecule has 0 amide bonds. The minimum atomic E-state index is 0.733. The Labute approximate surface area is 91.4 Å². The molecule has 0 aromatic rings. The van der Waals surface area contributed by atoms with Crippen LogP contribution < -0.4 is 0 Å². The number of fused-ring (bicyclic) bond motifs is 2. The average molecular weight is 196 g/mol. The summed E-state index contributed by atoms with van der Waals surface area (Å²) in [6.07, 6.45) is 17.3. The largest absolute Gasteiger partial charge is 0.0915 e. The van der Waals surface area contributed by atoms with Gasteiger partial charge in [0.25, 0.3) is 0 Å². The summed E-state index contributed by atoms with van der Waals surface area (Å²) < 4.78 is 0. The number of allylic oxidation sites excluding steroid dienone is 9. The first kappa shape index (κ1) is 8.96. The molecule has 0 spiro atoms. The van der Waals surface area contributed by atoms with E-state index in [1.54, 1.807) is 0 Å². The molecule has 0 heteroatoms. The van der Waals surface area contributed by atoms with Crippen molar-refractivity contribution in [2.45, 2.75) is 19.3 Å². The molecule has 0 radical (unpaired) electrons. The second-order valence-corrected chi connectivity index (χ2v) is 4.72. The maximum absolute atomic E-state index is 4.14. The highest BCUT2D eigenvalue weighted by atomic mass is 14.3. The van der Waals surface area contributed by atoms with Crippen LogP contribution in [-0.4, -0.2) is 0 Å². The summed E-state index contributed by atoms with van der Waals surface area (Å²) in [6.45, 7) is 4.14. The summed E-state index contributed by atoms with van der Waals surface area (Å²) in [5.41, 5.74) is 4.22. The third kappa shape index (κ3) is 1.45. The Balaban J connectivity index is 2.02. The summed E-state index contributed by atoms with van der Waals surface area (Å²) in [7, 11) is 0. The molecule has 3 rings (SSSR count). The zero-order chi connectivity index (χ0) is 10.3. The van der Waals surface area contributed by atoms with E-state index in [0.717, 1.165) is 11.8 Å². The van der Waals surface area contributed by atoms with E-state index in [2.05, 4.69) is 43.0 Å². The molecule has 0 nitrogen and oxygen atoms in total. The molecule has 0 fully saturated rings. The Morgan fingerprint density at radius 1 is 1.13 bits per heavy atom. The van der Waals surface area contributed by atoms with E-state index in [9.17, 15) is 0 Å². The van der Waals surface area contributed by atoms with Gasteiger partial charge in [0.1, 0.15) is 0 Å². The van der Waals surface area contributed by atoms with E-state index < -0.39 is 0 Å². The Bertz CT molecular complexity index is 415. The van der Waals surface area contributed by atoms with Gasteiger partial charge in [-0.1, -0.05) is 43.0 Å². The first-order valence-electron chi connectivity index (χ1n) is 5.79. The van der Waals surface area contributed by atoms with Gasteiger partial charge in [0, 0.05) is 0 Å². The van der Waals surface area contributed by atoms with E-state index in [1.165, 1.54) is 36.0 Å². The average Bonchev–Trinajstić information content (AvgIpc) is 2.27. The zero-order valence-corrected chi connectivity index (χ0v) is 8.95. The van der Waals surface area contributed by atoms with Crippen molar-refractivity contribution >= 4 is 0 Å². The van der Waals surface area contributed by atoms with E-state index in [-0.39, 0.29) is 0 Å². The highest BCUT2D eigenvalue weighted by molar-refractivity contribution is 5.49. The number of rotatable bonds is 0. The predicted octanol–water partition coefficient (Wildman–Crippen LogP) is 3.95. The third-order valence-corrected chi connectivity index (χ3v) is 3.76. The Morgan fingerprint density at radius 2 is 2.00 bits per heavy atom. The molecule has 0 N–H and O–H groups in total. The van der Waals surface area contributed by atoms with E-state index in [4.69, 9.17) is 0 Å². The molecule has 0 aromatic heterocycles. The van der Waals surface area contributed by atoms with Crippen LogP contribution in [0.15, 0.2) is 59.8 Å². The summed E-state index contributed by atoms with van der Waals surface area (Å²) >= 11 is 0. The standard InChI is InChI=1S/C15H16/c1-11-5-4-8-14-9-12-6-2-3-7-13(12)10-15(11)14/h2-5,7,10,12,14H,1,6,8-9H2. The molecule has 3 aliphatic rings. The van der Waals surface area contributed by atoms with Gasteiger partial charge in [-0.2, -0.15) is 0 Å². The molecule has 0 aromatic carbocycles. The molecular formula is C15H16. The van der Waals surface area contributed by atoms with Crippen LogP contribution in [0.4, 0.5) is 0 Å². The lowest BCUT2D eigenvalue weighted by atomic mass is 9.71. The number of hydrogen-bond acceptors (Lipinski definition) is 0. The van der Waals surface area contributed by atoms with Crippen LogP contribution in [0.1, 0.15) is 19.3 Å². The van der Waals surface area contributed by atoms with Gasteiger partial charge in [0.05, 0.1) is 0 Å². The highest BCUT2D eigenvalue weighted by Gasteiger charge is 2.28. The normalized spacial score (nSPS) is 32.9. The fraction of sp³-hybridized carbons (Fsp3) is 0.333. The van der Waals surface area contributed by atoms with Crippen LogP contribution in [0.2, 0.25) is 0 Å². The third-order valence-electron chi connectivity index (χ3n) is 3.76. The molecule has 0 heterocycles. The van der Waals surface area contributed by atoms with Crippen molar-refractivity contribution in [2.24, 2.45) is 11.8 Å². The molecule has 0 aliphatic heterocycles. The van der Waals surface area contributed by atoms with Crippen LogP contribution in [-0.2, 0) is 0 Å². The summed E-state index contributed by atoms with van der Waals surface area (Å²) in [4.78, 5) is 0. The van der Waals surface area contributed by atoms with Crippen LogP contribution in [0.5, 0.6) is 0 Å². The first-order chi connectivity index (χ1) is 7.34. The minimum Gasteiger partial charge on any atom is -0.0915 e. The molecule has 0 bridgehead atoms. The summed E-state index contributed by atoms with van der Waals surface area (Å²) in [5.74, 6) is 1.50. The molecule has 76 valence electrons. The summed E-state index contributed by atoms with van der Waals surface area (Å²) in [5, 5.41) is 0. The topological polar surface area (TPSA) is 0 Å². The van der Waals surface area contributed by atoms with Gasteiger partial charge in [0.15, 0.2) is 0 Å². The second kappa shape index (κ2) is 3.37. The molecule has 2 atom stereocenters. The van der Waals surface area contributed by atoms with Crippen molar-refractivity contribution < 1.29 is 0 Å². The van der Waals surface area contributed by atoms with Crippen LogP contribution in [0.25, 0.3) is 0 Å². The van der Waals surface area contributed by atoms with Crippen molar-refractivity contribution in [3.63, 3.8) is 0 Å². The quantitative estimate of drug-likeness (QED) is 0.550. The van der Waals surface area contributed by atoms with Gasteiger partial charge in [0.2, 0.25) is 0 Å². The van der Waals surface area contributed by atoms with Crippen LogP contribution in [0.3, 0.4) is 0 Å². The Hall–Kier alpha value is -1.30. The molecule has 3 aliphatic carbocycles. The molecule has 2 unspecified atom stereocenters. The van der Waals surface area contributed by atoms with E-state index >= 15 is 0 Å². The van der Waals surface area contributed by atoms with Gasteiger partial charge < -0.3 is 0 Å². The molecule has 0 saturated carbocycles.